The zero-order chi connectivity index (χ0) is 14.7. The van der Waals surface area contributed by atoms with Gasteiger partial charge in [0.2, 0.25) is 0 Å². The SMILES string of the molecule is CC(C)(C)OCCNc1c(Cl)cccc1C(F)(F)F. The van der Waals surface area contributed by atoms with E-state index in [0.717, 1.165) is 6.07 Å². The van der Waals surface area contributed by atoms with E-state index in [1.54, 1.807) is 0 Å². The van der Waals surface area contributed by atoms with E-state index in [-0.39, 0.29) is 22.9 Å². The van der Waals surface area contributed by atoms with Crippen LogP contribution in [-0.2, 0) is 10.9 Å². The minimum absolute atomic E-state index is 0.0468. The quantitative estimate of drug-likeness (QED) is 0.821. The number of anilines is 1. The Balaban J connectivity index is 2.73. The van der Waals surface area contributed by atoms with Crippen molar-refractivity contribution in [1.82, 2.24) is 0 Å². The summed E-state index contributed by atoms with van der Waals surface area (Å²) < 4.78 is 43.8. The van der Waals surface area contributed by atoms with E-state index in [9.17, 15) is 13.2 Å². The topological polar surface area (TPSA) is 21.3 Å². The molecule has 0 spiro atoms. The third-order valence-electron chi connectivity index (χ3n) is 2.26. The molecule has 0 bridgehead atoms. The molecule has 0 aliphatic heterocycles. The minimum atomic E-state index is -4.43. The van der Waals surface area contributed by atoms with Gasteiger partial charge >= 0.3 is 6.18 Å². The Kier molecular flexibility index (Phi) is 5.10. The summed E-state index contributed by atoms with van der Waals surface area (Å²) >= 11 is 5.80. The van der Waals surface area contributed by atoms with Crippen LogP contribution in [-0.4, -0.2) is 18.8 Å². The van der Waals surface area contributed by atoms with Crippen molar-refractivity contribution in [2.75, 3.05) is 18.5 Å². The lowest BCUT2D eigenvalue weighted by atomic mass is 10.1. The number of halogens is 4. The summed E-state index contributed by atoms with van der Waals surface area (Å²) in [5, 5.41) is 2.73. The fourth-order valence-electron chi connectivity index (χ4n) is 1.47. The predicted molar refractivity (Wildman–Crippen MR) is 70.6 cm³/mol. The van der Waals surface area contributed by atoms with Crippen LogP contribution < -0.4 is 5.32 Å². The zero-order valence-corrected chi connectivity index (χ0v) is 11.8. The molecule has 0 radical (unpaired) electrons. The molecule has 0 unspecified atom stereocenters. The molecule has 108 valence electrons. The molecule has 0 fully saturated rings. The molecule has 2 nitrogen and oxygen atoms in total. The lowest BCUT2D eigenvalue weighted by Crippen LogP contribution is -2.23. The van der Waals surface area contributed by atoms with Crippen molar-refractivity contribution in [2.45, 2.75) is 32.5 Å². The summed E-state index contributed by atoms with van der Waals surface area (Å²) in [7, 11) is 0. The van der Waals surface area contributed by atoms with E-state index in [2.05, 4.69) is 5.32 Å². The van der Waals surface area contributed by atoms with Gasteiger partial charge in [-0.2, -0.15) is 13.2 Å². The number of rotatable bonds is 4. The second kappa shape index (κ2) is 6.01. The van der Waals surface area contributed by atoms with Gasteiger partial charge in [-0.05, 0) is 32.9 Å². The van der Waals surface area contributed by atoms with Gasteiger partial charge in [0.1, 0.15) is 0 Å². The summed E-state index contributed by atoms with van der Waals surface area (Å²) in [4.78, 5) is 0. The van der Waals surface area contributed by atoms with Gasteiger partial charge in [-0.15, -0.1) is 0 Å². The van der Waals surface area contributed by atoms with Crippen LogP contribution in [0, 0.1) is 0 Å². The average Bonchev–Trinajstić information content (AvgIpc) is 2.23. The van der Waals surface area contributed by atoms with E-state index in [1.165, 1.54) is 12.1 Å². The maximum Gasteiger partial charge on any atom is 0.418 e. The molecule has 0 aromatic heterocycles. The Bertz CT molecular complexity index is 427. The maximum absolute atomic E-state index is 12.8. The fraction of sp³-hybridized carbons (Fsp3) is 0.538. The summed E-state index contributed by atoms with van der Waals surface area (Å²) in [5.74, 6) is 0. The van der Waals surface area contributed by atoms with Gasteiger partial charge in [-0.1, -0.05) is 17.7 Å². The minimum Gasteiger partial charge on any atom is -0.381 e. The molecular weight excluding hydrogens is 279 g/mol. The highest BCUT2D eigenvalue weighted by Gasteiger charge is 2.34. The van der Waals surface area contributed by atoms with E-state index in [4.69, 9.17) is 16.3 Å². The number of ether oxygens (including phenoxy) is 1. The van der Waals surface area contributed by atoms with Gasteiger partial charge in [0.15, 0.2) is 0 Å². The molecule has 0 heterocycles. The van der Waals surface area contributed by atoms with Crippen LogP contribution in [0.3, 0.4) is 0 Å². The monoisotopic (exact) mass is 295 g/mol. The summed E-state index contributed by atoms with van der Waals surface area (Å²) in [6.07, 6.45) is -4.43. The molecule has 0 aliphatic carbocycles. The predicted octanol–water partition coefficient (Wildman–Crippen LogP) is 4.59. The molecular formula is C13H17ClF3NO. The molecule has 0 aliphatic rings. The van der Waals surface area contributed by atoms with Crippen molar-refractivity contribution in [3.63, 3.8) is 0 Å². The first kappa shape index (κ1) is 16.1. The normalized spacial score (nSPS) is 12.6. The zero-order valence-electron chi connectivity index (χ0n) is 11.1. The van der Waals surface area contributed by atoms with Crippen molar-refractivity contribution in [3.8, 4) is 0 Å². The Morgan fingerprint density at radius 1 is 1.21 bits per heavy atom. The van der Waals surface area contributed by atoms with E-state index in [0.29, 0.717) is 6.61 Å². The largest absolute Gasteiger partial charge is 0.418 e. The number of hydrogen-bond acceptors (Lipinski definition) is 2. The maximum atomic E-state index is 12.8. The van der Waals surface area contributed by atoms with Gasteiger partial charge in [-0.25, -0.2) is 0 Å². The van der Waals surface area contributed by atoms with Crippen LogP contribution in [0.4, 0.5) is 18.9 Å². The first-order chi connectivity index (χ1) is 8.61. The molecule has 0 amide bonds. The Hall–Kier alpha value is -0.940. The fourth-order valence-corrected chi connectivity index (χ4v) is 1.71. The van der Waals surface area contributed by atoms with E-state index in [1.807, 2.05) is 20.8 Å². The molecule has 1 aromatic rings. The van der Waals surface area contributed by atoms with Gasteiger partial charge < -0.3 is 10.1 Å². The third kappa shape index (κ3) is 5.28. The Morgan fingerprint density at radius 2 is 1.84 bits per heavy atom. The number of alkyl halides is 3. The molecule has 0 saturated carbocycles. The second-order valence-corrected chi connectivity index (χ2v) is 5.45. The lowest BCUT2D eigenvalue weighted by Gasteiger charge is -2.21. The summed E-state index contributed by atoms with van der Waals surface area (Å²) in [6.45, 7) is 6.19. The molecule has 19 heavy (non-hydrogen) atoms. The smallest absolute Gasteiger partial charge is 0.381 e. The van der Waals surface area contributed by atoms with Crippen LogP contribution in [0.5, 0.6) is 0 Å². The van der Waals surface area contributed by atoms with Crippen LogP contribution in [0.2, 0.25) is 5.02 Å². The van der Waals surface area contributed by atoms with Gasteiger partial charge in [-0.3, -0.25) is 0 Å². The number of nitrogens with one attached hydrogen (secondary N) is 1. The highest BCUT2D eigenvalue weighted by atomic mass is 35.5. The van der Waals surface area contributed by atoms with Gasteiger partial charge in [0.05, 0.1) is 28.5 Å². The first-order valence-electron chi connectivity index (χ1n) is 5.85. The third-order valence-corrected chi connectivity index (χ3v) is 2.57. The van der Waals surface area contributed by atoms with Crippen molar-refractivity contribution < 1.29 is 17.9 Å². The number of benzene rings is 1. The van der Waals surface area contributed by atoms with Crippen LogP contribution in [0.1, 0.15) is 26.3 Å². The van der Waals surface area contributed by atoms with Crippen molar-refractivity contribution in [2.24, 2.45) is 0 Å². The highest BCUT2D eigenvalue weighted by molar-refractivity contribution is 6.33. The van der Waals surface area contributed by atoms with Crippen LogP contribution in [0.15, 0.2) is 18.2 Å². The Labute approximate surface area is 115 Å². The second-order valence-electron chi connectivity index (χ2n) is 5.05. The van der Waals surface area contributed by atoms with Crippen molar-refractivity contribution in [3.05, 3.63) is 28.8 Å². The highest BCUT2D eigenvalue weighted by Crippen LogP contribution is 2.38. The summed E-state index contributed by atoms with van der Waals surface area (Å²) in [5.41, 5.74) is -1.19. The van der Waals surface area contributed by atoms with Crippen LogP contribution >= 0.6 is 11.6 Å². The van der Waals surface area contributed by atoms with Gasteiger partial charge in [0, 0.05) is 6.54 Å². The number of para-hydroxylation sites is 1. The molecule has 1 rings (SSSR count). The van der Waals surface area contributed by atoms with E-state index < -0.39 is 11.7 Å². The molecule has 6 heteroatoms. The molecule has 1 aromatic carbocycles. The molecule has 0 saturated heterocycles. The van der Waals surface area contributed by atoms with Crippen molar-refractivity contribution >= 4 is 17.3 Å². The van der Waals surface area contributed by atoms with E-state index >= 15 is 0 Å². The lowest BCUT2D eigenvalue weighted by molar-refractivity contribution is -0.137. The standard InChI is InChI=1S/C13H17ClF3NO/c1-12(2,3)19-8-7-18-11-9(13(15,16)17)5-4-6-10(11)14/h4-6,18H,7-8H2,1-3H3. The Morgan fingerprint density at radius 3 is 2.37 bits per heavy atom. The molecule has 0 atom stereocenters. The molecule has 1 N–H and O–H groups in total. The van der Waals surface area contributed by atoms with Crippen LogP contribution in [0.25, 0.3) is 0 Å². The average molecular weight is 296 g/mol. The number of hydrogen-bond donors (Lipinski definition) is 1. The van der Waals surface area contributed by atoms with Crippen molar-refractivity contribution in [1.29, 1.82) is 0 Å². The summed E-state index contributed by atoms with van der Waals surface area (Å²) in [6, 6.07) is 3.70. The first-order valence-corrected chi connectivity index (χ1v) is 6.22. The van der Waals surface area contributed by atoms with Gasteiger partial charge in [0.25, 0.3) is 0 Å².